The van der Waals surface area contributed by atoms with E-state index in [1.165, 1.54) is 22.3 Å². The number of methoxy groups -OCH3 is 1. The van der Waals surface area contributed by atoms with Crippen molar-refractivity contribution in [2.75, 3.05) is 33.4 Å². The monoisotopic (exact) mass is 645 g/mol. The fraction of sp³-hybridized carbons (Fsp3) is 0.278. The molecule has 2 aliphatic rings. The van der Waals surface area contributed by atoms with Crippen LogP contribution >= 0.6 is 0 Å². The second kappa shape index (κ2) is 13.6. The Bertz CT molecular complexity index is 1920. The molecule has 0 radical (unpaired) electrons. The minimum Gasteiger partial charge on any atom is -0.497 e. The summed E-state index contributed by atoms with van der Waals surface area (Å²) in [7, 11) is 1.60. The Morgan fingerprint density at radius 1 is 0.958 bits per heavy atom. The number of benzene rings is 3. The zero-order valence-electron chi connectivity index (χ0n) is 26.7. The fourth-order valence-electron chi connectivity index (χ4n) is 6.27. The number of carbonyl (C=O) groups excluding carboxylic acids is 2. The Balaban J connectivity index is 0.957. The van der Waals surface area contributed by atoms with Crippen LogP contribution in [0.5, 0.6) is 5.75 Å². The summed E-state index contributed by atoms with van der Waals surface area (Å²) in [5, 5.41) is 11.4. The quantitative estimate of drug-likeness (QED) is 0.244. The first-order valence-electron chi connectivity index (χ1n) is 15.8. The van der Waals surface area contributed by atoms with E-state index in [4.69, 9.17) is 14.2 Å². The van der Waals surface area contributed by atoms with Crippen molar-refractivity contribution in [3.8, 4) is 28.3 Å². The molecule has 1 fully saturated rings. The number of hydrogen-bond acceptors (Lipinski definition) is 9. The molecule has 3 aromatic carbocycles. The Kier molecular flexibility index (Phi) is 8.80. The van der Waals surface area contributed by atoms with Crippen molar-refractivity contribution >= 4 is 12.0 Å². The number of hydrogen-bond donors (Lipinski definition) is 1. The predicted molar refractivity (Wildman–Crippen MR) is 176 cm³/mol. The minimum atomic E-state index is -0.363. The van der Waals surface area contributed by atoms with Crippen LogP contribution in [0, 0.1) is 6.92 Å². The van der Waals surface area contributed by atoms with E-state index in [0.717, 1.165) is 5.56 Å². The normalized spacial score (nSPS) is 15.5. The van der Waals surface area contributed by atoms with E-state index in [9.17, 15) is 9.59 Å². The third kappa shape index (κ3) is 6.60. The van der Waals surface area contributed by atoms with Crippen LogP contribution in [0.2, 0.25) is 0 Å². The Morgan fingerprint density at radius 3 is 2.50 bits per heavy atom. The number of rotatable bonds is 9. The molecule has 0 saturated carbocycles. The molecule has 0 bridgehead atoms. The van der Waals surface area contributed by atoms with Gasteiger partial charge in [0, 0.05) is 19.0 Å². The highest BCUT2D eigenvalue weighted by molar-refractivity contribution is 5.93. The largest absolute Gasteiger partial charge is 0.497 e. The van der Waals surface area contributed by atoms with Crippen molar-refractivity contribution < 1.29 is 23.8 Å². The molecule has 1 N–H and O–H groups in total. The molecule has 0 spiro atoms. The summed E-state index contributed by atoms with van der Waals surface area (Å²) >= 11 is 0. The standard InChI is InChI=1S/C36H35N7O5/c1-23-38-32(17-33(39-23)35(44)37-18-24-8-7-9-25(16-24)46-2)34-21-43(41-40-34)20-26-19-42(14-15-47-26)36(45)48-22-31-29-12-5-3-10-27(29)28-11-4-6-13-30(28)31/h3-13,16-17,21,26,31H,14-15,18-20,22H2,1-2H3,(H,37,44)/t26-/m0/s1. The zero-order valence-corrected chi connectivity index (χ0v) is 26.7. The van der Waals surface area contributed by atoms with Crippen molar-refractivity contribution in [1.29, 1.82) is 0 Å². The van der Waals surface area contributed by atoms with Crippen molar-refractivity contribution in [2.45, 2.75) is 32.0 Å². The maximum absolute atomic E-state index is 13.2. The smallest absolute Gasteiger partial charge is 0.409 e. The number of amides is 2. The van der Waals surface area contributed by atoms with Gasteiger partial charge in [-0.1, -0.05) is 65.9 Å². The van der Waals surface area contributed by atoms with Gasteiger partial charge in [-0.2, -0.15) is 0 Å². The lowest BCUT2D eigenvalue weighted by Gasteiger charge is -2.32. The maximum atomic E-state index is 13.2. The van der Waals surface area contributed by atoms with Gasteiger partial charge in [-0.05, 0) is 52.9 Å². The topological polar surface area (TPSA) is 134 Å². The molecule has 7 rings (SSSR count). The van der Waals surface area contributed by atoms with E-state index in [1.54, 1.807) is 35.9 Å². The number of fused-ring (bicyclic) bond motifs is 3. The summed E-state index contributed by atoms with van der Waals surface area (Å²) in [4.78, 5) is 36.6. The third-order valence-corrected chi connectivity index (χ3v) is 8.58. The molecule has 0 unspecified atom stereocenters. The molecule has 244 valence electrons. The van der Waals surface area contributed by atoms with Gasteiger partial charge in [0.05, 0.1) is 44.8 Å². The molecule has 48 heavy (non-hydrogen) atoms. The Morgan fingerprint density at radius 2 is 1.73 bits per heavy atom. The van der Waals surface area contributed by atoms with Crippen molar-refractivity contribution in [1.82, 2.24) is 35.2 Å². The van der Waals surface area contributed by atoms with Crippen LogP contribution in [0.4, 0.5) is 4.79 Å². The molecule has 2 amide bonds. The molecular weight excluding hydrogens is 610 g/mol. The lowest BCUT2D eigenvalue weighted by atomic mass is 9.98. The molecular formula is C36H35N7O5. The summed E-state index contributed by atoms with van der Waals surface area (Å²) in [5.41, 5.74) is 6.82. The molecule has 1 atom stereocenters. The highest BCUT2D eigenvalue weighted by Crippen LogP contribution is 2.44. The number of ether oxygens (including phenoxy) is 3. The van der Waals surface area contributed by atoms with Crippen molar-refractivity contribution in [3.63, 3.8) is 0 Å². The van der Waals surface area contributed by atoms with Gasteiger partial charge in [-0.3, -0.25) is 4.79 Å². The van der Waals surface area contributed by atoms with Crippen LogP contribution in [-0.2, 0) is 22.6 Å². The summed E-state index contributed by atoms with van der Waals surface area (Å²) in [6, 6.07) is 25.6. The predicted octanol–water partition coefficient (Wildman–Crippen LogP) is 4.63. The Labute approximate surface area is 277 Å². The van der Waals surface area contributed by atoms with E-state index in [1.807, 2.05) is 48.5 Å². The van der Waals surface area contributed by atoms with E-state index in [2.05, 4.69) is 49.9 Å². The first-order valence-corrected chi connectivity index (χ1v) is 15.8. The zero-order chi connectivity index (χ0) is 33.0. The fourth-order valence-corrected chi connectivity index (χ4v) is 6.27. The Hall–Kier alpha value is -5.62. The van der Waals surface area contributed by atoms with Crippen molar-refractivity contribution in [2.24, 2.45) is 0 Å². The van der Waals surface area contributed by atoms with Crippen LogP contribution < -0.4 is 10.1 Å². The number of nitrogens with one attached hydrogen (secondary N) is 1. The van der Waals surface area contributed by atoms with E-state index in [-0.39, 0.29) is 36.3 Å². The van der Waals surface area contributed by atoms with Crippen LogP contribution in [0.1, 0.15) is 38.9 Å². The lowest BCUT2D eigenvalue weighted by Crippen LogP contribution is -2.47. The van der Waals surface area contributed by atoms with E-state index >= 15 is 0 Å². The summed E-state index contributed by atoms with van der Waals surface area (Å²) in [6.07, 6.45) is 1.08. The van der Waals surface area contributed by atoms with Crippen molar-refractivity contribution in [3.05, 3.63) is 113 Å². The average Bonchev–Trinajstić information content (AvgIpc) is 3.72. The van der Waals surface area contributed by atoms with Crippen LogP contribution in [0.25, 0.3) is 22.5 Å². The van der Waals surface area contributed by atoms with Crippen LogP contribution in [0.15, 0.2) is 85.1 Å². The summed E-state index contributed by atoms with van der Waals surface area (Å²) in [6.45, 7) is 3.86. The first kappa shape index (κ1) is 31.0. The highest BCUT2D eigenvalue weighted by atomic mass is 16.6. The molecule has 1 saturated heterocycles. The molecule has 12 nitrogen and oxygen atoms in total. The van der Waals surface area contributed by atoms with Gasteiger partial charge in [0.2, 0.25) is 0 Å². The van der Waals surface area contributed by atoms with Gasteiger partial charge in [0.1, 0.15) is 29.6 Å². The van der Waals surface area contributed by atoms with Crippen LogP contribution in [-0.4, -0.2) is 81.4 Å². The van der Waals surface area contributed by atoms with Crippen LogP contribution in [0.3, 0.4) is 0 Å². The van der Waals surface area contributed by atoms with Gasteiger partial charge >= 0.3 is 6.09 Å². The minimum absolute atomic E-state index is 0.00301. The van der Waals surface area contributed by atoms with E-state index in [0.29, 0.717) is 55.7 Å². The first-order chi connectivity index (χ1) is 23.4. The second-order valence-electron chi connectivity index (χ2n) is 11.8. The van der Waals surface area contributed by atoms with Gasteiger partial charge in [0.15, 0.2) is 0 Å². The van der Waals surface area contributed by atoms with E-state index < -0.39 is 0 Å². The summed E-state index contributed by atoms with van der Waals surface area (Å²) < 4.78 is 18.8. The maximum Gasteiger partial charge on any atom is 0.409 e. The SMILES string of the molecule is COc1cccc(CNC(=O)c2cc(-c3cn(C[C@@H]4CN(C(=O)OCC5c6ccccc6-c6ccccc65)CCO4)nn3)nc(C)n2)c1. The van der Waals surface area contributed by atoms with Gasteiger partial charge in [0.25, 0.3) is 5.91 Å². The van der Waals surface area contributed by atoms with Gasteiger partial charge < -0.3 is 24.4 Å². The van der Waals surface area contributed by atoms with Gasteiger partial charge in [-0.25, -0.2) is 19.4 Å². The molecule has 1 aliphatic carbocycles. The molecule has 3 heterocycles. The number of aryl methyl sites for hydroxylation is 1. The molecule has 2 aromatic heterocycles. The number of nitrogens with zero attached hydrogens (tertiary/aromatic N) is 6. The highest BCUT2D eigenvalue weighted by Gasteiger charge is 2.31. The number of carbonyl (C=O) groups is 2. The summed E-state index contributed by atoms with van der Waals surface area (Å²) in [5.74, 6) is 0.814. The average molecular weight is 646 g/mol. The molecule has 5 aromatic rings. The second-order valence-corrected chi connectivity index (χ2v) is 11.8. The third-order valence-electron chi connectivity index (χ3n) is 8.58. The number of morpholine rings is 1. The van der Waals surface area contributed by atoms with Gasteiger partial charge in [-0.15, -0.1) is 5.10 Å². The molecule has 12 heteroatoms. The number of aromatic nitrogens is 5. The lowest BCUT2D eigenvalue weighted by molar-refractivity contribution is -0.0358. The molecule has 1 aliphatic heterocycles.